The van der Waals surface area contributed by atoms with Gasteiger partial charge in [0.2, 0.25) is 0 Å². The number of hydrogen-bond donors (Lipinski definition) is 0. The Kier molecular flexibility index (Phi) is 4.29. The van der Waals surface area contributed by atoms with Crippen LogP contribution in [-0.2, 0) is 15.6 Å². The third kappa shape index (κ3) is 3.41. The van der Waals surface area contributed by atoms with E-state index in [-0.39, 0.29) is 10.6 Å². The van der Waals surface area contributed by atoms with Crippen LogP contribution in [0.4, 0.5) is 0 Å². The molecule has 2 aromatic rings. The maximum absolute atomic E-state index is 12.4. The molecule has 0 heterocycles. The Morgan fingerprint density at radius 3 is 2.38 bits per heavy atom. The van der Waals surface area contributed by atoms with Crippen LogP contribution in [0.25, 0.3) is 0 Å². The van der Waals surface area contributed by atoms with Gasteiger partial charge in [-0.25, -0.2) is 8.42 Å². The maximum atomic E-state index is 12.4. The van der Waals surface area contributed by atoms with Crippen molar-refractivity contribution in [3.63, 3.8) is 0 Å². The fourth-order valence-electron chi connectivity index (χ4n) is 1.98. The van der Waals surface area contributed by atoms with Crippen molar-refractivity contribution in [2.45, 2.75) is 17.6 Å². The lowest BCUT2D eigenvalue weighted by atomic mass is 10.1. The molecule has 0 atom stereocenters. The molecular formula is C16H15NO3S. The number of hydrogen-bond acceptors (Lipinski definition) is 4. The lowest BCUT2D eigenvalue weighted by Crippen LogP contribution is -2.05. The van der Waals surface area contributed by atoms with Gasteiger partial charge in [0.15, 0.2) is 9.84 Å². The monoisotopic (exact) mass is 301 g/mol. The molecule has 0 spiro atoms. The zero-order valence-corrected chi connectivity index (χ0v) is 12.6. The van der Waals surface area contributed by atoms with E-state index in [1.807, 2.05) is 13.0 Å². The lowest BCUT2D eigenvalue weighted by Gasteiger charge is -2.07. The van der Waals surface area contributed by atoms with E-state index in [1.54, 1.807) is 42.5 Å². The molecular weight excluding hydrogens is 286 g/mol. The van der Waals surface area contributed by atoms with Crippen LogP contribution in [0.5, 0.6) is 5.75 Å². The molecule has 2 aromatic carbocycles. The molecule has 21 heavy (non-hydrogen) atoms. The van der Waals surface area contributed by atoms with Crippen molar-refractivity contribution in [1.82, 2.24) is 0 Å². The summed E-state index contributed by atoms with van der Waals surface area (Å²) in [7, 11) is -1.95. The molecule has 0 aliphatic carbocycles. The van der Waals surface area contributed by atoms with Crippen LogP contribution < -0.4 is 4.74 Å². The van der Waals surface area contributed by atoms with Gasteiger partial charge in [-0.05, 0) is 36.8 Å². The van der Waals surface area contributed by atoms with Gasteiger partial charge in [-0.15, -0.1) is 0 Å². The van der Waals surface area contributed by atoms with Crippen LogP contribution in [0.2, 0.25) is 0 Å². The number of methoxy groups -OCH3 is 1. The fourth-order valence-corrected chi connectivity index (χ4v) is 3.32. The summed E-state index contributed by atoms with van der Waals surface area (Å²) >= 11 is 0. The van der Waals surface area contributed by atoms with Gasteiger partial charge >= 0.3 is 0 Å². The first-order chi connectivity index (χ1) is 9.96. The van der Waals surface area contributed by atoms with Crippen molar-refractivity contribution in [3.05, 3.63) is 59.2 Å². The molecule has 4 nitrogen and oxygen atoms in total. The van der Waals surface area contributed by atoms with Gasteiger partial charge in [-0.3, -0.25) is 0 Å². The second-order valence-corrected chi connectivity index (χ2v) is 6.71. The average Bonchev–Trinajstić information content (AvgIpc) is 2.47. The van der Waals surface area contributed by atoms with E-state index >= 15 is 0 Å². The molecule has 0 amide bonds. The number of sulfone groups is 1. The summed E-state index contributed by atoms with van der Waals surface area (Å²) in [6, 6.07) is 13.5. The summed E-state index contributed by atoms with van der Waals surface area (Å²) in [5.74, 6) is 0.295. The number of nitriles is 1. The minimum absolute atomic E-state index is 0.144. The molecule has 0 aliphatic heterocycles. The number of benzene rings is 2. The van der Waals surface area contributed by atoms with E-state index in [9.17, 15) is 8.42 Å². The number of ether oxygens (including phenoxy) is 1. The van der Waals surface area contributed by atoms with Crippen molar-refractivity contribution in [2.24, 2.45) is 0 Å². The average molecular weight is 301 g/mol. The van der Waals surface area contributed by atoms with Gasteiger partial charge in [-0.1, -0.05) is 23.8 Å². The van der Waals surface area contributed by atoms with E-state index in [4.69, 9.17) is 10.00 Å². The highest BCUT2D eigenvalue weighted by Gasteiger charge is 2.16. The number of nitrogens with zero attached hydrogens (tertiary/aromatic N) is 1. The van der Waals surface area contributed by atoms with E-state index in [0.717, 1.165) is 5.56 Å². The first-order valence-corrected chi connectivity index (χ1v) is 7.98. The van der Waals surface area contributed by atoms with Crippen LogP contribution in [0.1, 0.15) is 16.7 Å². The predicted molar refractivity (Wildman–Crippen MR) is 79.8 cm³/mol. The highest BCUT2D eigenvalue weighted by molar-refractivity contribution is 7.90. The van der Waals surface area contributed by atoms with Crippen molar-refractivity contribution in [1.29, 1.82) is 5.26 Å². The molecule has 0 saturated carbocycles. The van der Waals surface area contributed by atoms with E-state index in [1.165, 1.54) is 7.11 Å². The second-order valence-electron chi connectivity index (χ2n) is 4.72. The van der Waals surface area contributed by atoms with E-state index < -0.39 is 9.84 Å². The molecule has 0 N–H and O–H groups in total. The Bertz CT molecular complexity index is 787. The molecule has 5 heteroatoms. The molecule has 0 unspecified atom stereocenters. The maximum Gasteiger partial charge on any atom is 0.182 e. The van der Waals surface area contributed by atoms with Crippen LogP contribution in [0.15, 0.2) is 47.4 Å². The summed E-state index contributed by atoms with van der Waals surface area (Å²) in [5.41, 5.74) is 1.90. The zero-order chi connectivity index (χ0) is 15.5. The smallest absolute Gasteiger partial charge is 0.182 e. The molecule has 108 valence electrons. The molecule has 0 saturated heterocycles. The SMILES string of the molecule is COc1ccc(CS(=O)(=O)c2ccc(C)cc2)cc1C#N. The first kappa shape index (κ1) is 15.1. The number of aryl methyl sites for hydroxylation is 1. The standard InChI is InChI=1S/C16H15NO3S/c1-12-3-6-15(7-4-12)21(18,19)11-13-5-8-16(20-2)14(9-13)10-17/h3-9H,11H2,1-2H3. The summed E-state index contributed by atoms with van der Waals surface area (Å²) in [5, 5.41) is 9.04. The quantitative estimate of drug-likeness (QED) is 0.871. The lowest BCUT2D eigenvalue weighted by molar-refractivity contribution is 0.413. The van der Waals surface area contributed by atoms with Gasteiger partial charge in [0.1, 0.15) is 11.8 Å². The Hall–Kier alpha value is -2.32. The van der Waals surface area contributed by atoms with Gasteiger partial charge in [0, 0.05) is 0 Å². The minimum atomic E-state index is -3.42. The Morgan fingerprint density at radius 2 is 1.81 bits per heavy atom. The largest absolute Gasteiger partial charge is 0.495 e. The molecule has 0 radical (unpaired) electrons. The van der Waals surface area contributed by atoms with Gasteiger partial charge in [0.25, 0.3) is 0 Å². The molecule has 0 bridgehead atoms. The zero-order valence-electron chi connectivity index (χ0n) is 11.8. The molecule has 0 fully saturated rings. The van der Waals surface area contributed by atoms with Crippen LogP contribution in [-0.4, -0.2) is 15.5 Å². The van der Waals surface area contributed by atoms with Gasteiger partial charge in [0.05, 0.1) is 23.3 Å². The summed E-state index contributed by atoms with van der Waals surface area (Å²) in [4.78, 5) is 0.280. The van der Waals surface area contributed by atoms with Crippen molar-refractivity contribution < 1.29 is 13.2 Å². The summed E-state index contributed by atoms with van der Waals surface area (Å²) < 4.78 is 29.8. The van der Waals surface area contributed by atoms with Crippen molar-refractivity contribution in [3.8, 4) is 11.8 Å². The fraction of sp³-hybridized carbons (Fsp3) is 0.188. The van der Waals surface area contributed by atoms with Crippen LogP contribution in [0.3, 0.4) is 0 Å². The molecule has 0 aliphatic rings. The number of rotatable bonds is 4. The van der Waals surface area contributed by atoms with Crippen LogP contribution >= 0.6 is 0 Å². The Balaban J connectivity index is 2.33. The van der Waals surface area contributed by atoms with Gasteiger partial charge < -0.3 is 4.74 Å². The second kappa shape index (κ2) is 5.98. The Labute approximate surface area is 124 Å². The Morgan fingerprint density at radius 1 is 1.14 bits per heavy atom. The topological polar surface area (TPSA) is 67.2 Å². The normalized spacial score (nSPS) is 10.9. The highest BCUT2D eigenvalue weighted by atomic mass is 32.2. The van der Waals surface area contributed by atoms with Crippen LogP contribution in [0, 0.1) is 18.3 Å². The van der Waals surface area contributed by atoms with E-state index in [2.05, 4.69) is 0 Å². The van der Waals surface area contributed by atoms with E-state index in [0.29, 0.717) is 16.9 Å². The highest BCUT2D eigenvalue weighted by Crippen LogP contribution is 2.22. The molecule has 2 rings (SSSR count). The minimum Gasteiger partial charge on any atom is -0.495 e. The predicted octanol–water partition coefficient (Wildman–Crippen LogP) is 2.85. The van der Waals surface area contributed by atoms with Gasteiger partial charge in [-0.2, -0.15) is 5.26 Å². The summed E-state index contributed by atoms with van der Waals surface area (Å²) in [6.07, 6.45) is 0. The third-order valence-corrected chi connectivity index (χ3v) is 4.82. The van der Waals surface area contributed by atoms with Crippen molar-refractivity contribution in [2.75, 3.05) is 7.11 Å². The molecule has 0 aromatic heterocycles. The van der Waals surface area contributed by atoms with Crippen molar-refractivity contribution >= 4 is 9.84 Å². The third-order valence-electron chi connectivity index (χ3n) is 3.12. The first-order valence-electron chi connectivity index (χ1n) is 6.33. The summed E-state index contributed by atoms with van der Waals surface area (Å²) in [6.45, 7) is 1.90.